The van der Waals surface area contributed by atoms with Crippen LogP contribution in [0.1, 0.15) is 24.1 Å². The maximum Gasteiger partial charge on any atom is 0.309 e. The molecule has 0 bridgehead atoms. The van der Waals surface area contributed by atoms with Crippen molar-refractivity contribution in [3.8, 4) is 6.07 Å². The van der Waals surface area contributed by atoms with Gasteiger partial charge in [-0.1, -0.05) is 19.1 Å². The van der Waals surface area contributed by atoms with Crippen LogP contribution in [0.25, 0.3) is 11.0 Å². The van der Waals surface area contributed by atoms with Gasteiger partial charge < -0.3 is 14.6 Å². The maximum absolute atomic E-state index is 11.1. The van der Waals surface area contributed by atoms with Gasteiger partial charge in [0.2, 0.25) is 0 Å². The third kappa shape index (κ3) is 3.37. The molecule has 8 nitrogen and oxygen atoms in total. The number of pyridine rings is 1. The summed E-state index contributed by atoms with van der Waals surface area (Å²) in [5.74, 6) is -0.366. The molecule has 2 aromatic heterocycles. The summed E-state index contributed by atoms with van der Waals surface area (Å²) in [5.41, 5.74) is 4.89. The number of benzene rings is 1. The molecule has 8 heteroatoms. The average Bonchev–Trinajstić information content (AvgIpc) is 3.09. The highest BCUT2D eigenvalue weighted by molar-refractivity contribution is 5.79. The van der Waals surface area contributed by atoms with E-state index < -0.39 is 12.0 Å². The summed E-state index contributed by atoms with van der Waals surface area (Å²) in [5, 5.41) is 18.8. The van der Waals surface area contributed by atoms with Crippen LogP contribution < -0.4 is 4.90 Å². The molecule has 1 atom stereocenters. The zero-order chi connectivity index (χ0) is 21.4. The van der Waals surface area contributed by atoms with E-state index in [1.165, 1.54) is 0 Å². The number of imidazole rings is 1. The molecule has 154 valence electrons. The number of likely N-dealkylation sites (tertiary alicyclic amines) is 1. The lowest BCUT2D eigenvalue weighted by Gasteiger charge is -2.39. The second-order valence-corrected chi connectivity index (χ2v) is 7.71. The lowest BCUT2D eigenvalue weighted by Crippen LogP contribution is -2.51. The van der Waals surface area contributed by atoms with Gasteiger partial charge in [-0.3, -0.25) is 9.69 Å². The molecule has 1 fully saturated rings. The van der Waals surface area contributed by atoms with Gasteiger partial charge in [-0.05, 0) is 23.6 Å². The summed E-state index contributed by atoms with van der Waals surface area (Å²) in [6.07, 6.45) is 4.35. The number of nitriles is 1. The Morgan fingerprint density at radius 3 is 2.80 bits per heavy atom. The Morgan fingerprint density at radius 1 is 1.37 bits per heavy atom. The van der Waals surface area contributed by atoms with Crippen LogP contribution in [0.2, 0.25) is 0 Å². The fraction of sp³-hybridized carbons (Fsp3) is 0.364. The molecule has 4 rings (SSSR count). The predicted octanol–water partition coefficient (Wildman–Crippen LogP) is 2.88. The van der Waals surface area contributed by atoms with Crippen molar-refractivity contribution in [2.45, 2.75) is 19.4 Å². The number of aromatic nitrogens is 3. The molecule has 1 aliphatic rings. The van der Waals surface area contributed by atoms with Gasteiger partial charge in [0.25, 0.3) is 0 Å². The van der Waals surface area contributed by atoms with Crippen molar-refractivity contribution in [3.63, 3.8) is 0 Å². The van der Waals surface area contributed by atoms with Crippen molar-refractivity contribution < 1.29 is 9.90 Å². The van der Waals surface area contributed by atoms with Gasteiger partial charge in [-0.15, -0.1) is 0 Å². The van der Waals surface area contributed by atoms with Gasteiger partial charge in [-0.2, -0.15) is 5.26 Å². The van der Waals surface area contributed by atoms with Crippen LogP contribution in [0.15, 0.2) is 36.8 Å². The minimum atomic E-state index is -0.799. The van der Waals surface area contributed by atoms with Crippen LogP contribution in [0.4, 0.5) is 11.5 Å². The van der Waals surface area contributed by atoms with Crippen LogP contribution in [0, 0.1) is 17.2 Å². The molecule has 0 radical (unpaired) electrons. The number of hydrogen-bond acceptors (Lipinski definition) is 6. The highest BCUT2D eigenvalue weighted by Crippen LogP contribution is 2.33. The van der Waals surface area contributed by atoms with E-state index in [9.17, 15) is 10.1 Å². The summed E-state index contributed by atoms with van der Waals surface area (Å²) in [7, 11) is 3.94. The first-order valence-electron chi connectivity index (χ1n) is 9.93. The Kier molecular flexibility index (Phi) is 5.14. The normalized spacial score (nSPS) is 15.5. The first-order valence-corrected chi connectivity index (χ1v) is 9.93. The van der Waals surface area contributed by atoms with E-state index in [2.05, 4.69) is 29.0 Å². The minimum absolute atomic E-state index is 0.384. The second kappa shape index (κ2) is 7.76. The van der Waals surface area contributed by atoms with Gasteiger partial charge in [0.15, 0.2) is 0 Å². The van der Waals surface area contributed by atoms with Crippen molar-refractivity contribution >= 4 is 28.5 Å². The number of carbonyl (C=O) groups is 1. The van der Waals surface area contributed by atoms with Crippen molar-refractivity contribution in [3.05, 3.63) is 47.9 Å². The number of rotatable bonds is 6. The standard InChI is InChI=1S/C22H24N6O2/c1-4-14-7-15(20(9-23)28-11-16(12-28)22(29)30)5-6-18(14)27(3)21-8-19-17(10-24-21)25-13-26(19)2/h5-8,10,13,16,20H,4,11-12H2,1-3H3,(H,29,30). The fourth-order valence-electron chi connectivity index (χ4n) is 3.96. The van der Waals surface area contributed by atoms with Gasteiger partial charge in [0.05, 0.1) is 30.0 Å². The summed E-state index contributed by atoms with van der Waals surface area (Å²) < 4.78 is 1.97. The quantitative estimate of drug-likeness (QED) is 0.674. The van der Waals surface area contributed by atoms with Crippen LogP contribution in [0.5, 0.6) is 0 Å². The number of nitrogens with zero attached hydrogens (tertiary/aromatic N) is 6. The summed E-state index contributed by atoms with van der Waals surface area (Å²) >= 11 is 0. The average molecular weight is 404 g/mol. The zero-order valence-corrected chi connectivity index (χ0v) is 17.3. The van der Waals surface area contributed by atoms with E-state index in [0.717, 1.165) is 40.1 Å². The molecule has 1 saturated heterocycles. The molecule has 30 heavy (non-hydrogen) atoms. The van der Waals surface area contributed by atoms with E-state index >= 15 is 0 Å². The van der Waals surface area contributed by atoms with E-state index in [1.807, 2.05) is 46.7 Å². The number of hydrogen-bond donors (Lipinski definition) is 1. The van der Waals surface area contributed by atoms with Gasteiger partial charge >= 0.3 is 5.97 Å². The first-order chi connectivity index (χ1) is 14.4. The van der Waals surface area contributed by atoms with E-state index in [-0.39, 0.29) is 5.92 Å². The van der Waals surface area contributed by atoms with Gasteiger partial charge in [0, 0.05) is 38.9 Å². The summed E-state index contributed by atoms with van der Waals surface area (Å²) in [4.78, 5) is 23.9. The SMILES string of the molecule is CCc1cc(C(C#N)N2CC(C(=O)O)C2)ccc1N(C)c1cc2c(cn1)ncn2C. The van der Waals surface area contributed by atoms with Crippen LogP contribution >= 0.6 is 0 Å². The topological polar surface area (TPSA) is 98.3 Å². The predicted molar refractivity (Wildman–Crippen MR) is 113 cm³/mol. The van der Waals surface area contributed by atoms with Crippen molar-refractivity contribution in [2.24, 2.45) is 13.0 Å². The molecule has 0 aliphatic carbocycles. The van der Waals surface area contributed by atoms with Crippen LogP contribution in [-0.2, 0) is 18.3 Å². The third-order valence-electron chi connectivity index (χ3n) is 5.85. The van der Waals surface area contributed by atoms with Gasteiger partial charge in [-0.25, -0.2) is 9.97 Å². The molecule has 3 heterocycles. The molecule has 1 aromatic carbocycles. The van der Waals surface area contributed by atoms with Crippen LogP contribution in [-0.4, -0.2) is 50.6 Å². The Balaban J connectivity index is 1.62. The fourth-order valence-corrected chi connectivity index (χ4v) is 3.96. The monoisotopic (exact) mass is 404 g/mol. The lowest BCUT2D eigenvalue weighted by molar-refractivity contribution is -0.148. The van der Waals surface area contributed by atoms with Crippen molar-refractivity contribution in [1.29, 1.82) is 5.26 Å². The Morgan fingerprint density at radius 2 is 2.13 bits per heavy atom. The largest absolute Gasteiger partial charge is 0.481 e. The molecule has 1 N–H and O–H groups in total. The molecular weight excluding hydrogens is 380 g/mol. The number of fused-ring (bicyclic) bond motifs is 1. The van der Waals surface area contributed by atoms with Gasteiger partial charge in [0.1, 0.15) is 17.4 Å². The highest BCUT2D eigenvalue weighted by atomic mass is 16.4. The van der Waals surface area contributed by atoms with Crippen molar-refractivity contribution in [2.75, 3.05) is 25.0 Å². The second-order valence-electron chi connectivity index (χ2n) is 7.71. The van der Waals surface area contributed by atoms with E-state index in [4.69, 9.17) is 5.11 Å². The molecule has 0 amide bonds. The number of carboxylic acid groups (broad SMARTS) is 1. The zero-order valence-electron chi connectivity index (χ0n) is 17.3. The minimum Gasteiger partial charge on any atom is -0.481 e. The number of anilines is 2. The maximum atomic E-state index is 11.1. The molecule has 3 aromatic rings. The highest BCUT2D eigenvalue weighted by Gasteiger charge is 2.37. The Bertz CT molecular complexity index is 1140. The summed E-state index contributed by atoms with van der Waals surface area (Å²) in [6.45, 7) is 2.90. The van der Waals surface area contributed by atoms with Crippen LogP contribution in [0.3, 0.4) is 0 Å². The first kappa shape index (κ1) is 19.9. The number of aryl methyl sites for hydroxylation is 2. The third-order valence-corrected chi connectivity index (χ3v) is 5.85. The molecular formula is C22H24N6O2. The molecule has 1 aliphatic heterocycles. The van der Waals surface area contributed by atoms with E-state index in [1.54, 1.807) is 12.5 Å². The van der Waals surface area contributed by atoms with Crippen molar-refractivity contribution in [1.82, 2.24) is 19.4 Å². The molecule has 1 unspecified atom stereocenters. The molecule has 0 spiro atoms. The Hall–Kier alpha value is -3.44. The lowest BCUT2D eigenvalue weighted by atomic mass is 9.93. The smallest absolute Gasteiger partial charge is 0.309 e. The molecule has 0 saturated carbocycles. The number of aliphatic carboxylic acids is 1. The summed E-state index contributed by atoms with van der Waals surface area (Å²) in [6, 6.07) is 9.93. The van der Waals surface area contributed by atoms with E-state index in [0.29, 0.717) is 13.1 Å². The Labute approximate surface area is 175 Å². The number of carboxylic acids is 1.